The molecule has 1 rings (SSSR count). The van der Waals surface area contributed by atoms with E-state index in [-0.39, 0.29) is 0 Å². The van der Waals surface area contributed by atoms with Crippen LogP contribution in [-0.2, 0) is 0 Å². The standard InChI is InChI=1S/C14H25N3OS/c1-11(2)10-18-14-12(15)6-7-13(17-14)16-8-4-5-9-19-3/h6-7,11H,4-5,8-10,15H2,1-3H3,(H,16,17). The number of nitrogens with two attached hydrogens (primary N) is 1. The Morgan fingerprint density at radius 1 is 1.37 bits per heavy atom. The van der Waals surface area contributed by atoms with Crippen molar-refractivity contribution in [2.45, 2.75) is 26.7 Å². The molecule has 0 bridgehead atoms. The Balaban J connectivity index is 2.43. The van der Waals surface area contributed by atoms with Gasteiger partial charge in [0, 0.05) is 6.54 Å². The Morgan fingerprint density at radius 2 is 2.16 bits per heavy atom. The van der Waals surface area contributed by atoms with Crippen LogP contribution in [0.3, 0.4) is 0 Å². The first-order valence-corrected chi connectivity index (χ1v) is 8.15. The van der Waals surface area contributed by atoms with Crippen LogP contribution in [0.1, 0.15) is 26.7 Å². The van der Waals surface area contributed by atoms with E-state index in [1.165, 1.54) is 12.2 Å². The summed E-state index contributed by atoms with van der Waals surface area (Å²) in [6, 6.07) is 3.74. The van der Waals surface area contributed by atoms with Gasteiger partial charge in [-0.05, 0) is 42.9 Å². The van der Waals surface area contributed by atoms with Gasteiger partial charge in [-0.3, -0.25) is 0 Å². The number of nitrogen functional groups attached to an aromatic ring is 1. The number of anilines is 2. The Bertz CT molecular complexity index is 372. The minimum atomic E-state index is 0.462. The maximum atomic E-state index is 5.85. The quantitative estimate of drug-likeness (QED) is 0.681. The van der Waals surface area contributed by atoms with E-state index >= 15 is 0 Å². The topological polar surface area (TPSA) is 60.2 Å². The van der Waals surface area contributed by atoms with E-state index in [0.717, 1.165) is 18.8 Å². The smallest absolute Gasteiger partial charge is 0.239 e. The van der Waals surface area contributed by atoms with Gasteiger partial charge >= 0.3 is 0 Å². The van der Waals surface area contributed by atoms with Crippen molar-refractivity contribution in [3.63, 3.8) is 0 Å². The molecule has 0 atom stereocenters. The number of hydrogen-bond donors (Lipinski definition) is 2. The number of pyridine rings is 1. The third kappa shape index (κ3) is 6.57. The molecule has 5 heteroatoms. The third-order valence-electron chi connectivity index (χ3n) is 2.52. The summed E-state index contributed by atoms with van der Waals surface area (Å²) < 4.78 is 5.60. The van der Waals surface area contributed by atoms with Crippen LogP contribution in [0.15, 0.2) is 12.1 Å². The van der Waals surface area contributed by atoms with Gasteiger partial charge in [-0.25, -0.2) is 0 Å². The van der Waals surface area contributed by atoms with E-state index < -0.39 is 0 Å². The molecule has 108 valence electrons. The minimum Gasteiger partial charge on any atom is -0.476 e. The van der Waals surface area contributed by atoms with E-state index in [4.69, 9.17) is 10.5 Å². The number of unbranched alkanes of at least 4 members (excludes halogenated alkanes) is 1. The first-order valence-electron chi connectivity index (χ1n) is 6.75. The van der Waals surface area contributed by atoms with Crippen molar-refractivity contribution in [1.29, 1.82) is 0 Å². The molecule has 0 spiro atoms. The highest BCUT2D eigenvalue weighted by atomic mass is 32.2. The van der Waals surface area contributed by atoms with Crippen molar-refractivity contribution in [2.24, 2.45) is 5.92 Å². The Kier molecular flexibility index (Phi) is 7.48. The highest BCUT2D eigenvalue weighted by Crippen LogP contribution is 2.21. The van der Waals surface area contributed by atoms with E-state index in [1.807, 2.05) is 23.9 Å². The minimum absolute atomic E-state index is 0.462. The predicted octanol–water partition coefficient (Wildman–Crippen LogP) is 3.25. The van der Waals surface area contributed by atoms with Gasteiger partial charge in [0.25, 0.3) is 0 Å². The summed E-state index contributed by atoms with van der Waals surface area (Å²) in [7, 11) is 0. The second-order valence-electron chi connectivity index (χ2n) is 4.92. The maximum absolute atomic E-state index is 5.85. The van der Waals surface area contributed by atoms with Gasteiger partial charge in [-0.1, -0.05) is 13.8 Å². The molecule has 0 amide bonds. The second kappa shape index (κ2) is 8.91. The lowest BCUT2D eigenvalue weighted by Crippen LogP contribution is -2.09. The first-order chi connectivity index (χ1) is 9.13. The molecule has 0 aliphatic carbocycles. The van der Waals surface area contributed by atoms with Crippen molar-refractivity contribution in [3.05, 3.63) is 12.1 Å². The number of aromatic nitrogens is 1. The fraction of sp³-hybridized carbons (Fsp3) is 0.643. The summed E-state index contributed by atoms with van der Waals surface area (Å²) in [4.78, 5) is 4.40. The summed E-state index contributed by atoms with van der Waals surface area (Å²) in [6.45, 7) is 5.77. The van der Waals surface area contributed by atoms with Gasteiger partial charge in [0.2, 0.25) is 5.88 Å². The van der Waals surface area contributed by atoms with E-state index in [2.05, 4.69) is 30.4 Å². The van der Waals surface area contributed by atoms with Gasteiger partial charge < -0.3 is 15.8 Å². The lowest BCUT2D eigenvalue weighted by molar-refractivity contribution is 0.263. The Hall–Kier alpha value is -1.10. The normalized spacial score (nSPS) is 10.7. The third-order valence-corrected chi connectivity index (χ3v) is 3.22. The summed E-state index contributed by atoms with van der Waals surface area (Å²) >= 11 is 1.88. The van der Waals surface area contributed by atoms with Crippen LogP contribution >= 0.6 is 11.8 Å². The lowest BCUT2D eigenvalue weighted by atomic mass is 10.2. The van der Waals surface area contributed by atoms with Gasteiger partial charge in [0.15, 0.2) is 0 Å². The van der Waals surface area contributed by atoms with Gasteiger partial charge in [0.05, 0.1) is 12.3 Å². The molecule has 1 heterocycles. The van der Waals surface area contributed by atoms with Crippen molar-refractivity contribution in [3.8, 4) is 5.88 Å². The van der Waals surface area contributed by atoms with E-state index in [9.17, 15) is 0 Å². The van der Waals surface area contributed by atoms with Crippen LogP contribution < -0.4 is 15.8 Å². The molecule has 0 aliphatic heterocycles. The summed E-state index contributed by atoms with van der Waals surface area (Å²) in [6.07, 6.45) is 4.50. The monoisotopic (exact) mass is 283 g/mol. The van der Waals surface area contributed by atoms with Gasteiger partial charge in [-0.2, -0.15) is 16.7 Å². The van der Waals surface area contributed by atoms with E-state index in [0.29, 0.717) is 24.1 Å². The van der Waals surface area contributed by atoms with Crippen LogP contribution in [0.4, 0.5) is 11.5 Å². The molecule has 4 nitrogen and oxygen atoms in total. The molecular weight excluding hydrogens is 258 g/mol. The number of rotatable bonds is 9. The molecule has 3 N–H and O–H groups in total. The largest absolute Gasteiger partial charge is 0.476 e. The lowest BCUT2D eigenvalue weighted by Gasteiger charge is -2.12. The first kappa shape index (κ1) is 16.0. The SMILES string of the molecule is CSCCCCNc1ccc(N)c(OCC(C)C)n1. The predicted molar refractivity (Wildman–Crippen MR) is 85.1 cm³/mol. The maximum Gasteiger partial charge on any atom is 0.239 e. The fourth-order valence-electron chi connectivity index (χ4n) is 1.50. The number of ether oxygens (including phenoxy) is 1. The van der Waals surface area contributed by atoms with Crippen LogP contribution in [0.5, 0.6) is 5.88 Å². The van der Waals surface area contributed by atoms with Crippen LogP contribution in [0.25, 0.3) is 0 Å². The average molecular weight is 283 g/mol. The molecule has 0 aromatic carbocycles. The summed E-state index contributed by atoms with van der Waals surface area (Å²) in [5.74, 6) is 3.03. The zero-order valence-electron chi connectivity index (χ0n) is 12.1. The van der Waals surface area contributed by atoms with Crippen LogP contribution in [0, 0.1) is 5.92 Å². The second-order valence-corrected chi connectivity index (χ2v) is 5.91. The van der Waals surface area contributed by atoms with Crippen LogP contribution in [-0.4, -0.2) is 30.1 Å². The molecule has 0 radical (unpaired) electrons. The van der Waals surface area contributed by atoms with Crippen molar-refractivity contribution >= 4 is 23.3 Å². The average Bonchev–Trinajstić information content (AvgIpc) is 2.38. The van der Waals surface area contributed by atoms with Gasteiger partial charge in [-0.15, -0.1) is 0 Å². The molecular formula is C14H25N3OS. The molecule has 0 unspecified atom stereocenters. The number of thioether (sulfide) groups is 1. The molecule has 1 aromatic rings. The molecule has 0 aliphatic rings. The summed E-state index contributed by atoms with van der Waals surface area (Å²) in [5, 5.41) is 3.30. The zero-order valence-corrected chi connectivity index (χ0v) is 12.9. The fourth-order valence-corrected chi connectivity index (χ4v) is 1.99. The molecule has 0 saturated carbocycles. The highest BCUT2D eigenvalue weighted by Gasteiger charge is 2.05. The van der Waals surface area contributed by atoms with Crippen LogP contribution in [0.2, 0.25) is 0 Å². The summed E-state index contributed by atoms with van der Waals surface area (Å²) in [5.41, 5.74) is 6.44. The van der Waals surface area contributed by atoms with E-state index in [1.54, 1.807) is 0 Å². The Morgan fingerprint density at radius 3 is 2.84 bits per heavy atom. The molecule has 19 heavy (non-hydrogen) atoms. The number of hydrogen-bond acceptors (Lipinski definition) is 5. The molecule has 1 aromatic heterocycles. The molecule has 0 saturated heterocycles. The van der Waals surface area contributed by atoms with Crippen molar-refractivity contribution in [2.75, 3.05) is 36.2 Å². The van der Waals surface area contributed by atoms with Crippen molar-refractivity contribution in [1.82, 2.24) is 4.98 Å². The zero-order chi connectivity index (χ0) is 14.1. The van der Waals surface area contributed by atoms with Crippen molar-refractivity contribution < 1.29 is 4.74 Å². The number of nitrogens with zero attached hydrogens (tertiary/aromatic N) is 1. The highest BCUT2D eigenvalue weighted by molar-refractivity contribution is 7.98. The molecule has 0 fully saturated rings. The number of nitrogens with one attached hydrogen (secondary N) is 1. The Labute approximate surface area is 120 Å². The van der Waals surface area contributed by atoms with Gasteiger partial charge in [0.1, 0.15) is 5.82 Å².